The number of aromatic nitrogens is 1. The predicted octanol–water partition coefficient (Wildman–Crippen LogP) is 8.49. The zero-order chi connectivity index (χ0) is 30.1. The van der Waals surface area contributed by atoms with Crippen LogP contribution in [0.3, 0.4) is 0 Å². The maximum atomic E-state index is 14.0. The third kappa shape index (κ3) is 6.40. The van der Waals surface area contributed by atoms with Crippen LogP contribution in [0.2, 0.25) is 5.15 Å². The highest BCUT2D eigenvalue weighted by atomic mass is 35.5. The lowest BCUT2D eigenvalue weighted by Crippen LogP contribution is -2.46. The fraction of sp³-hybridized carbons (Fsp3) is 0.257. The molecule has 8 heteroatoms. The van der Waals surface area contributed by atoms with Crippen molar-refractivity contribution in [1.82, 2.24) is 9.88 Å². The van der Waals surface area contributed by atoms with E-state index in [1.165, 1.54) is 17.7 Å². The van der Waals surface area contributed by atoms with Crippen LogP contribution in [0.25, 0.3) is 6.08 Å². The van der Waals surface area contributed by atoms with Gasteiger partial charge in [0.2, 0.25) is 0 Å². The van der Waals surface area contributed by atoms with Crippen LogP contribution in [0, 0.1) is 25.5 Å². The minimum atomic E-state index is -0.259. The molecular weight excluding hydrogens is 584 g/mol. The molecule has 4 aromatic rings. The molecule has 1 spiro atoms. The molecule has 3 heterocycles. The van der Waals surface area contributed by atoms with Crippen molar-refractivity contribution in [2.45, 2.75) is 41.9 Å². The maximum Gasteiger partial charge on any atom is 0.258 e. The number of hydrogen-bond acceptors (Lipinski definition) is 4. The van der Waals surface area contributed by atoms with Crippen molar-refractivity contribution in [3.8, 4) is 0 Å². The second-order valence-electron chi connectivity index (χ2n) is 11.4. The lowest BCUT2D eigenvalue weighted by molar-refractivity contribution is 0.0977. The average molecular weight is 616 g/mol. The number of hydrogen-bond donors (Lipinski definition) is 0. The van der Waals surface area contributed by atoms with E-state index in [0.29, 0.717) is 28.5 Å². The molecule has 2 aliphatic heterocycles. The minimum Gasteiger partial charge on any atom is -0.307 e. The molecule has 0 saturated carbocycles. The van der Waals surface area contributed by atoms with Gasteiger partial charge in [0.25, 0.3) is 5.91 Å². The first-order valence-electron chi connectivity index (χ1n) is 14.4. The van der Waals surface area contributed by atoms with Crippen LogP contribution in [-0.2, 0) is 5.41 Å². The number of nitrogens with zero attached hydrogens (tertiary/aromatic N) is 3. The van der Waals surface area contributed by atoms with E-state index in [9.17, 15) is 13.6 Å². The molecule has 4 nitrogen and oxygen atoms in total. The monoisotopic (exact) mass is 615 g/mol. The van der Waals surface area contributed by atoms with Crippen LogP contribution in [0.1, 0.15) is 45.6 Å². The van der Waals surface area contributed by atoms with Crippen molar-refractivity contribution < 1.29 is 13.6 Å². The number of amides is 1. The highest BCUT2D eigenvalue weighted by Gasteiger charge is 2.46. The van der Waals surface area contributed by atoms with Gasteiger partial charge in [0.1, 0.15) is 16.8 Å². The van der Waals surface area contributed by atoms with Crippen LogP contribution < -0.4 is 4.90 Å². The number of fused-ring (bicyclic) bond motifs is 2. The lowest BCUT2D eigenvalue weighted by atomic mass is 9.74. The molecule has 0 unspecified atom stereocenters. The smallest absolute Gasteiger partial charge is 0.258 e. The van der Waals surface area contributed by atoms with Crippen LogP contribution in [0.5, 0.6) is 0 Å². The third-order valence-corrected chi connectivity index (χ3v) is 9.63. The van der Waals surface area contributed by atoms with Gasteiger partial charge in [-0.05, 0) is 117 Å². The molecule has 43 heavy (non-hydrogen) atoms. The lowest BCUT2D eigenvalue weighted by Gasteiger charge is -2.39. The summed E-state index contributed by atoms with van der Waals surface area (Å²) in [6.07, 6.45) is 5.86. The first-order valence-corrected chi connectivity index (χ1v) is 15.6. The van der Waals surface area contributed by atoms with Crippen molar-refractivity contribution in [1.29, 1.82) is 0 Å². The number of carbonyl (C=O) groups excluding carboxylic acids is 1. The van der Waals surface area contributed by atoms with Gasteiger partial charge in [0, 0.05) is 45.2 Å². The number of halogens is 3. The van der Waals surface area contributed by atoms with E-state index in [0.717, 1.165) is 53.5 Å². The van der Waals surface area contributed by atoms with E-state index in [1.807, 2.05) is 36.1 Å². The molecule has 0 radical (unpaired) electrons. The number of piperidine rings is 1. The van der Waals surface area contributed by atoms with Crippen molar-refractivity contribution in [2.75, 3.05) is 31.1 Å². The van der Waals surface area contributed by atoms with Crippen LogP contribution >= 0.6 is 23.4 Å². The first-order chi connectivity index (χ1) is 20.7. The van der Waals surface area contributed by atoms with Gasteiger partial charge in [-0.15, -0.1) is 0 Å². The van der Waals surface area contributed by atoms with Crippen molar-refractivity contribution in [2.24, 2.45) is 0 Å². The van der Waals surface area contributed by atoms with Crippen LogP contribution in [0.4, 0.5) is 14.5 Å². The first kappa shape index (κ1) is 29.5. The Labute approximate surface area is 260 Å². The SMILES string of the molecule is Cc1cc(C(=O)N2CC3(CCN(C/C=C/c4ccc(C)c(F)c4)CC3)c3cc(Sc4ccc(F)cc4)ccc32)cc(Cl)n1. The standard InChI is InChI=1S/C35H32ClF2N3OS/c1-23-5-6-25(19-31(23)38)4-3-15-40-16-13-35(14-17-40)22-41(34(42)26-18-24(2)39-33(36)20-26)32-12-11-29(21-30(32)35)43-28-9-7-27(37)8-10-28/h3-12,18-21H,13-17,22H2,1-2H3/b4-3+. The molecule has 1 aromatic heterocycles. The summed E-state index contributed by atoms with van der Waals surface area (Å²) >= 11 is 7.81. The van der Waals surface area contributed by atoms with Crippen molar-refractivity contribution in [3.05, 3.63) is 124 Å². The molecule has 0 N–H and O–H groups in total. The Morgan fingerprint density at radius 1 is 0.977 bits per heavy atom. The van der Waals surface area contributed by atoms with E-state index in [1.54, 1.807) is 55.1 Å². The number of likely N-dealkylation sites (tertiary alicyclic amines) is 1. The fourth-order valence-electron chi connectivity index (χ4n) is 6.08. The molecule has 1 fully saturated rings. The van der Waals surface area contributed by atoms with Gasteiger partial charge < -0.3 is 4.90 Å². The van der Waals surface area contributed by atoms with E-state index in [-0.39, 0.29) is 23.0 Å². The molecule has 0 bridgehead atoms. The Kier molecular flexibility index (Phi) is 8.40. The number of carbonyl (C=O) groups is 1. The van der Waals surface area contributed by atoms with Crippen molar-refractivity contribution >= 4 is 41.0 Å². The van der Waals surface area contributed by atoms with E-state index >= 15 is 0 Å². The van der Waals surface area contributed by atoms with E-state index in [2.05, 4.69) is 22.0 Å². The second-order valence-corrected chi connectivity index (χ2v) is 13.0. The summed E-state index contributed by atoms with van der Waals surface area (Å²) in [6.45, 7) is 6.72. The number of aryl methyl sites for hydroxylation is 2. The summed E-state index contributed by atoms with van der Waals surface area (Å²) in [4.78, 5) is 24.4. The summed E-state index contributed by atoms with van der Waals surface area (Å²) in [5, 5.41) is 0.304. The molecule has 3 aromatic carbocycles. The highest BCUT2D eigenvalue weighted by molar-refractivity contribution is 7.99. The number of benzene rings is 3. The van der Waals surface area contributed by atoms with E-state index in [4.69, 9.17) is 11.6 Å². The second kappa shape index (κ2) is 12.2. The molecule has 0 atom stereocenters. The van der Waals surface area contributed by atoms with Crippen LogP contribution in [0.15, 0.2) is 88.7 Å². The summed E-state index contributed by atoms with van der Waals surface area (Å²) in [5.74, 6) is -0.534. The number of anilines is 1. The van der Waals surface area contributed by atoms with Gasteiger partial charge in [-0.25, -0.2) is 13.8 Å². The summed E-state index contributed by atoms with van der Waals surface area (Å²) < 4.78 is 27.5. The molecule has 2 aliphatic rings. The summed E-state index contributed by atoms with van der Waals surface area (Å²) in [7, 11) is 0. The predicted molar refractivity (Wildman–Crippen MR) is 170 cm³/mol. The fourth-order valence-corrected chi connectivity index (χ4v) is 7.19. The topological polar surface area (TPSA) is 36.4 Å². The Bertz CT molecular complexity index is 1680. The van der Waals surface area contributed by atoms with Gasteiger partial charge in [0.15, 0.2) is 0 Å². The Morgan fingerprint density at radius 2 is 1.72 bits per heavy atom. The Morgan fingerprint density at radius 3 is 2.44 bits per heavy atom. The van der Waals surface area contributed by atoms with Gasteiger partial charge in [-0.1, -0.05) is 47.6 Å². The molecule has 220 valence electrons. The molecule has 1 saturated heterocycles. The molecule has 1 amide bonds. The quantitative estimate of drug-likeness (QED) is 0.204. The summed E-state index contributed by atoms with van der Waals surface area (Å²) in [5.41, 5.74) is 4.64. The Hall–Kier alpha value is -3.52. The zero-order valence-electron chi connectivity index (χ0n) is 24.1. The number of rotatable bonds is 6. The molecule has 6 rings (SSSR count). The highest BCUT2D eigenvalue weighted by Crippen LogP contribution is 2.49. The number of pyridine rings is 1. The maximum absolute atomic E-state index is 14.0. The van der Waals surface area contributed by atoms with Gasteiger partial charge in [-0.2, -0.15) is 0 Å². The minimum absolute atomic E-state index is 0.0832. The average Bonchev–Trinajstić information content (AvgIpc) is 3.29. The zero-order valence-corrected chi connectivity index (χ0v) is 25.7. The molecule has 0 aliphatic carbocycles. The Balaban J connectivity index is 1.24. The van der Waals surface area contributed by atoms with Gasteiger partial charge in [-0.3, -0.25) is 9.69 Å². The van der Waals surface area contributed by atoms with Gasteiger partial charge >= 0.3 is 0 Å². The van der Waals surface area contributed by atoms with E-state index < -0.39 is 0 Å². The van der Waals surface area contributed by atoms with Crippen LogP contribution in [-0.4, -0.2) is 42.0 Å². The molecular formula is C35H32ClF2N3OS. The van der Waals surface area contributed by atoms with Gasteiger partial charge in [0.05, 0.1) is 0 Å². The third-order valence-electron chi connectivity index (χ3n) is 8.44. The van der Waals surface area contributed by atoms with Crippen molar-refractivity contribution in [3.63, 3.8) is 0 Å². The summed E-state index contributed by atoms with van der Waals surface area (Å²) in [6, 6.07) is 21.5. The normalized spacial score (nSPS) is 16.3. The largest absolute Gasteiger partial charge is 0.307 e.